The third-order valence-corrected chi connectivity index (χ3v) is 4.29. The number of aryl methyl sites for hydroxylation is 2. The average molecular weight is 394 g/mol. The Morgan fingerprint density at radius 1 is 1.03 bits per heavy atom. The van der Waals surface area contributed by atoms with Crippen LogP contribution in [-0.2, 0) is 9.53 Å². The Bertz CT molecular complexity index is 1070. The molecule has 0 aliphatic heterocycles. The van der Waals surface area contributed by atoms with Crippen LogP contribution in [-0.4, -0.2) is 23.4 Å². The van der Waals surface area contributed by atoms with Crippen LogP contribution in [0.1, 0.15) is 21.7 Å². The summed E-state index contributed by atoms with van der Waals surface area (Å²) >= 11 is 0. The molecule has 1 amide bonds. The number of non-ortho nitro benzene ring substituents is 1. The minimum atomic E-state index is -0.784. The molecule has 148 valence electrons. The quantitative estimate of drug-likeness (QED) is 0.380. The van der Waals surface area contributed by atoms with Crippen LogP contribution < -0.4 is 5.32 Å². The highest BCUT2D eigenvalue weighted by Crippen LogP contribution is 2.24. The fraction of sp³-hybridized carbons (Fsp3) is 0.143. The molecule has 0 saturated heterocycles. The first kappa shape index (κ1) is 19.8. The van der Waals surface area contributed by atoms with Crippen molar-refractivity contribution in [2.24, 2.45) is 0 Å². The zero-order valence-corrected chi connectivity index (χ0v) is 15.8. The highest BCUT2D eigenvalue weighted by Gasteiger charge is 2.16. The van der Waals surface area contributed by atoms with Gasteiger partial charge >= 0.3 is 5.97 Å². The molecular weight excluding hydrogens is 376 g/mol. The first-order valence-electron chi connectivity index (χ1n) is 8.72. The van der Waals surface area contributed by atoms with Crippen LogP contribution in [0.2, 0.25) is 0 Å². The summed E-state index contributed by atoms with van der Waals surface area (Å²) < 4.78 is 10.4. The second kappa shape index (κ2) is 8.39. The topological polar surface area (TPSA) is 112 Å². The van der Waals surface area contributed by atoms with Crippen LogP contribution in [0.25, 0.3) is 11.3 Å². The lowest BCUT2D eigenvalue weighted by Gasteiger charge is -2.08. The molecule has 0 bridgehead atoms. The molecule has 1 N–H and O–H groups in total. The molecule has 29 heavy (non-hydrogen) atoms. The van der Waals surface area contributed by atoms with Gasteiger partial charge < -0.3 is 14.5 Å². The normalized spacial score (nSPS) is 10.4. The van der Waals surface area contributed by atoms with Gasteiger partial charge in [0.1, 0.15) is 5.76 Å². The number of nitrogens with zero attached hydrogens (tertiary/aromatic N) is 1. The number of amides is 1. The summed E-state index contributed by atoms with van der Waals surface area (Å²) in [6.45, 7) is 3.45. The average Bonchev–Trinajstić information content (AvgIpc) is 3.19. The lowest BCUT2D eigenvalue weighted by molar-refractivity contribution is -0.384. The van der Waals surface area contributed by atoms with Gasteiger partial charge in [-0.2, -0.15) is 0 Å². The molecule has 8 nitrogen and oxygen atoms in total. The number of hydrogen-bond acceptors (Lipinski definition) is 6. The first-order valence-corrected chi connectivity index (χ1v) is 8.72. The number of rotatable bonds is 6. The number of nitrogens with one attached hydrogen (secondary N) is 1. The van der Waals surface area contributed by atoms with E-state index in [4.69, 9.17) is 9.15 Å². The summed E-state index contributed by atoms with van der Waals surface area (Å²) in [5.41, 5.74) is 3.29. The first-order chi connectivity index (χ1) is 13.8. The monoisotopic (exact) mass is 394 g/mol. The van der Waals surface area contributed by atoms with E-state index in [2.05, 4.69) is 5.32 Å². The number of benzene rings is 2. The SMILES string of the molecule is Cc1ccc(NC(=O)COC(=O)c2ccc(-c3ccc([N+](=O)[O-])cc3)o2)cc1C. The number of anilines is 1. The van der Waals surface area contributed by atoms with E-state index in [1.165, 1.54) is 30.3 Å². The second-order valence-corrected chi connectivity index (χ2v) is 6.39. The fourth-order valence-electron chi connectivity index (χ4n) is 2.57. The van der Waals surface area contributed by atoms with Gasteiger partial charge in [0.25, 0.3) is 11.6 Å². The molecule has 0 aliphatic carbocycles. The molecule has 3 rings (SSSR count). The molecule has 0 atom stereocenters. The minimum absolute atomic E-state index is 0.0466. The third kappa shape index (κ3) is 4.86. The molecule has 0 spiro atoms. The molecule has 1 aromatic heterocycles. The van der Waals surface area contributed by atoms with E-state index in [0.717, 1.165) is 11.1 Å². The van der Waals surface area contributed by atoms with Gasteiger partial charge in [0.2, 0.25) is 5.76 Å². The molecule has 1 heterocycles. The van der Waals surface area contributed by atoms with Crippen molar-refractivity contribution >= 4 is 23.3 Å². The largest absolute Gasteiger partial charge is 0.450 e. The summed E-state index contributed by atoms with van der Waals surface area (Å²) in [6.07, 6.45) is 0. The Balaban J connectivity index is 1.57. The zero-order chi connectivity index (χ0) is 21.0. The Morgan fingerprint density at radius 2 is 1.76 bits per heavy atom. The molecule has 0 radical (unpaired) electrons. The number of ether oxygens (including phenoxy) is 1. The summed E-state index contributed by atoms with van der Waals surface area (Å²) in [4.78, 5) is 34.3. The molecule has 0 aliphatic rings. The molecule has 0 fully saturated rings. The standard InChI is InChI=1S/C21H18N2O6/c1-13-3-6-16(11-14(13)2)22-20(24)12-28-21(25)19-10-9-18(29-19)15-4-7-17(8-5-15)23(26)27/h3-11H,12H2,1-2H3,(H,22,24). The maximum absolute atomic E-state index is 12.1. The Kier molecular flexibility index (Phi) is 5.73. The van der Waals surface area contributed by atoms with Crippen molar-refractivity contribution in [2.75, 3.05) is 11.9 Å². The highest BCUT2D eigenvalue weighted by atomic mass is 16.6. The predicted molar refractivity (Wildman–Crippen MR) is 106 cm³/mol. The second-order valence-electron chi connectivity index (χ2n) is 6.39. The van der Waals surface area contributed by atoms with Crippen molar-refractivity contribution in [3.05, 3.63) is 81.6 Å². The molecule has 8 heteroatoms. The van der Waals surface area contributed by atoms with E-state index in [9.17, 15) is 19.7 Å². The molecule has 2 aromatic carbocycles. The summed E-state index contributed by atoms with van der Waals surface area (Å²) in [5.74, 6) is -0.971. The number of carbonyl (C=O) groups excluding carboxylic acids is 2. The van der Waals surface area contributed by atoms with E-state index in [1.54, 1.807) is 12.1 Å². The number of furan rings is 1. The third-order valence-electron chi connectivity index (χ3n) is 4.29. The van der Waals surface area contributed by atoms with Gasteiger partial charge in [-0.3, -0.25) is 14.9 Å². The summed E-state index contributed by atoms with van der Waals surface area (Å²) in [7, 11) is 0. The fourth-order valence-corrected chi connectivity index (χ4v) is 2.57. The van der Waals surface area contributed by atoms with Gasteiger partial charge in [0, 0.05) is 23.4 Å². The highest BCUT2D eigenvalue weighted by molar-refractivity contribution is 5.94. The van der Waals surface area contributed by atoms with Crippen LogP contribution in [0.3, 0.4) is 0 Å². The van der Waals surface area contributed by atoms with Crippen molar-refractivity contribution in [1.82, 2.24) is 0 Å². The Morgan fingerprint density at radius 3 is 2.41 bits per heavy atom. The van der Waals surface area contributed by atoms with E-state index < -0.39 is 23.4 Å². The zero-order valence-electron chi connectivity index (χ0n) is 15.8. The number of nitro benzene ring substituents is 1. The van der Waals surface area contributed by atoms with Gasteiger partial charge in [-0.25, -0.2) is 4.79 Å². The van der Waals surface area contributed by atoms with Crippen LogP contribution in [0.4, 0.5) is 11.4 Å². The van der Waals surface area contributed by atoms with Gasteiger partial charge in [0.05, 0.1) is 4.92 Å². The molecule has 3 aromatic rings. The van der Waals surface area contributed by atoms with Crippen molar-refractivity contribution in [3.63, 3.8) is 0 Å². The number of nitro groups is 1. The smallest absolute Gasteiger partial charge is 0.374 e. The van der Waals surface area contributed by atoms with Gasteiger partial charge in [-0.1, -0.05) is 6.07 Å². The summed E-state index contributed by atoms with van der Waals surface area (Å²) in [5, 5.41) is 13.4. The number of hydrogen-bond donors (Lipinski definition) is 1. The predicted octanol–water partition coefficient (Wildman–Crippen LogP) is 4.27. The minimum Gasteiger partial charge on any atom is -0.450 e. The Hall–Kier alpha value is -3.94. The van der Waals surface area contributed by atoms with Crippen molar-refractivity contribution in [1.29, 1.82) is 0 Å². The van der Waals surface area contributed by atoms with Gasteiger partial charge in [-0.05, 0) is 61.4 Å². The lowest BCUT2D eigenvalue weighted by atomic mass is 10.1. The van der Waals surface area contributed by atoms with Gasteiger partial charge in [-0.15, -0.1) is 0 Å². The molecule has 0 saturated carbocycles. The lowest BCUT2D eigenvalue weighted by Crippen LogP contribution is -2.20. The number of carbonyl (C=O) groups is 2. The Labute approximate surface area is 166 Å². The van der Waals surface area contributed by atoms with E-state index in [0.29, 0.717) is 17.0 Å². The maximum Gasteiger partial charge on any atom is 0.374 e. The van der Waals surface area contributed by atoms with Crippen molar-refractivity contribution in [2.45, 2.75) is 13.8 Å². The maximum atomic E-state index is 12.1. The molecule has 0 unspecified atom stereocenters. The summed E-state index contributed by atoms with van der Waals surface area (Å²) in [6, 6.07) is 14.2. The van der Waals surface area contributed by atoms with Crippen LogP contribution in [0, 0.1) is 24.0 Å². The van der Waals surface area contributed by atoms with E-state index >= 15 is 0 Å². The molecular formula is C21H18N2O6. The van der Waals surface area contributed by atoms with Crippen molar-refractivity contribution in [3.8, 4) is 11.3 Å². The van der Waals surface area contributed by atoms with E-state index in [-0.39, 0.29) is 11.4 Å². The van der Waals surface area contributed by atoms with E-state index in [1.807, 2.05) is 26.0 Å². The van der Waals surface area contributed by atoms with Crippen LogP contribution in [0.5, 0.6) is 0 Å². The van der Waals surface area contributed by atoms with Gasteiger partial charge in [0.15, 0.2) is 6.61 Å². The van der Waals surface area contributed by atoms with Crippen LogP contribution >= 0.6 is 0 Å². The van der Waals surface area contributed by atoms with Crippen LogP contribution in [0.15, 0.2) is 59.0 Å². The number of esters is 1. The van der Waals surface area contributed by atoms with Crippen molar-refractivity contribution < 1.29 is 23.7 Å².